The van der Waals surface area contributed by atoms with Gasteiger partial charge in [0.1, 0.15) is 11.3 Å². The van der Waals surface area contributed by atoms with E-state index in [1.165, 1.54) is 24.1 Å². The number of amides is 1. The number of Topliss-reactive ketones (excluding diaryl/α,β-unsaturated/α-hetero) is 1. The zero-order chi connectivity index (χ0) is 26.1. The van der Waals surface area contributed by atoms with E-state index in [-0.39, 0.29) is 17.9 Å². The molecule has 0 saturated heterocycles. The van der Waals surface area contributed by atoms with Crippen LogP contribution >= 0.6 is 0 Å². The van der Waals surface area contributed by atoms with Crippen LogP contribution in [0.1, 0.15) is 39.4 Å². The van der Waals surface area contributed by atoms with Crippen LogP contribution in [0.15, 0.2) is 94.6 Å². The number of hydrogen-bond acceptors (Lipinski definition) is 7. The Balaban J connectivity index is 1.60. The maximum atomic E-state index is 13.7. The molecule has 8 heteroatoms. The topological polar surface area (TPSA) is 106 Å². The van der Waals surface area contributed by atoms with E-state index in [4.69, 9.17) is 13.9 Å². The molecule has 0 radical (unpaired) electrons. The van der Waals surface area contributed by atoms with Gasteiger partial charge >= 0.3 is 5.97 Å². The summed E-state index contributed by atoms with van der Waals surface area (Å²) in [5.74, 6) is -1.90. The Hall–Kier alpha value is -4.85. The van der Waals surface area contributed by atoms with Crippen LogP contribution in [0.3, 0.4) is 0 Å². The van der Waals surface area contributed by atoms with E-state index in [1.807, 2.05) is 12.1 Å². The van der Waals surface area contributed by atoms with Crippen LogP contribution in [-0.4, -0.2) is 36.5 Å². The number of nitrogens with zero attached hydrogens (tertiary/aromatic N) is 1. The van der Waals surface area contributed by atoms with E-state index in [2.05, 4.69) is 0 Å². The third kappa shape index (κ3) is 4.23. The van der Waals surface area contributed by atoms with Crippen molar-refractivity contribution in [1.29, 1.82) is 0 Å². The lowest BCUT2D eigenvalue weighted by Crippen LogP contribution is -2.31. The van der Waals surface area contributed by atoms with Crippen molar-refractivity contribution in [2.24, 2.45) is 0 Å². The van der Waals surface area contributed by atoms with Gasteiger partial charge in [-0.05, 0) is 61.0 Å². The molecule has 1 atom stereocenters. The number of fused-ring (bicyclic) bond motifs is 1. The second-order valence-corrected chi connectivity index (χ2v) is 8.36. The molecule has 8 nitrogen and oxygen atoms in total. The van der Waals surface area contributed by atoms with E-state index in [9.17, 15) is 19.5 Å². The van der Waals surface area contributed by atoms with E-state index in [1.54, 1.807) is 61.5 Å². The number of methoxy groups -OCH3 is 1. The summed E-state index contributed by atoms with van der Waals surface area (Å²) in [6, 6.07) is 20.9. The van der Waals surface area contributed by atoms with Crippen LogP contribution in [0.25, 0.3) is 11.0 Å². The lowest BCUT2D eigenvalue weighted by molar-refractivity contribution is -0.117. The minimum absolute atomic E-state index is 0.00794. The van der Waals surface area contributed by atoms with Gasteiger partial charge in [-0.3, -0.25) is 14.5 Å². The summed E-state index contributed by atoms with van der Waals surface area (Å²) >= 11 is 0. The molecule has 1 N–H and O–H groups in total. The van der Waals surface area contributed by atoms with Crippen LogP contribution in [-0.2, 0) is 9.53 Å². The molecule has 1 aromatic heterocycles. The van der Waals surface area contributed by atoms with Gasteiger partial charge in [0.15, 0.2) is 11.5 Å². The van der Waals surface area contributed by atoms with Crippen LogP contribution in [0.2, 0.25) is 0 Å². The van der Waals surface area contributed by atoms with Gasteiger partial charge in [-0.25, -0.2) is 4.79 Å². The maximum absolute atomic E-state index is 13.7. The average molecular weight is 498 g/mol. The van der Waals surface area contributed by atoms with E-state index in [0.29, 0.717) is 28.1 Å². The highest BCUT2D eigenvalue weighted by Gasteiger charge is 2.45. The maximum Gasteiger partial charge on any atom is 0.338 e. The smallest absolute Gasteiger partial charge is 0.338 e. The molecule has 0 fully saturated rings. The van der Waals surface area contributed by atoms with Gasteiger partial charge < -0.3 is 19.0 Å². The van der Waals surface area contributed by atoms with Crippen molar-refractivity contribution in [3.05, 3.63) is 107 Å². The molecule has 37 heavy (non-hydrogen) atoms. The number of carbonyl (C=O) groups excluding carboxylic acids is 3. The Kier molecular flexibility index (Phi) is 6.23. The minimum atomic E-state index is -0.951. The fourth-order valence-corrected chi connectivity index (χ4v) is 4.40. The Morgan fingerprint density at radius 2 is 1.70 bits per heavy atom. The highest BCUT2D eigenvalue weighted by molar-refractivity contribution is 6.20. The molecule has 0 aliphatic carbocycles. The number of ether oxygens (including phenoxy) is 2. The van der Waals surface area contributed by atoms with Gasteiger partial charge in [-0.2, -0.15) is 0 Å². The number of aliphatic hydroxyl groups is 1. The number of anilines is 1. The standard InChI is InChI=1S/C29H23NO7/c1-3-36-29(34)18-8-12-20(13-9-18)30-25(17-10-14-21(35-2)15-11-17)24(27(32)28(30)33)26(31)23-16-19-6-4-5-7-22(19)37-23/h4-16,25,32H,3H2,1-2H3. The van der Waals surface area contributed by atoms with Gasteiger partial charge in [0, 0.05) is 11.1 Å². The molecule has 4 aromatic rings. The highest BCUT2D eigenvalue weighted by Crippen LogP contribution is 2.42. The predicted octanol–water partition coefficient (Wildman–Crippen LogP) is 5.40. The second-order valence-electron chi connectivity index (χ2n) is 8.36. The molecular formula is C29H23NO7. The normalized spacial score (nSPS) is 15.4. The third-order valence-electron chi connectivity index (χ3n) is 6.19. The summed E-state index contributed by atoms with van der Waals surface area (Å²) < 4.78 is 16.0. The van der Waals surface area contributed by atoms with Crippen molar-refractivity contribution in [3.63, 3.8) is 0 Å². The van der Waals surface area contributed by atoms with Crippen LogP contribution in [0.5, 0.6) is 5.75 Å². The van der Waals surface area contributed by atoms with Crippen molar-refractivity contribution in [1.82, 2.24) is 0 Å². The Labute approximate surface area is 212 Å². The first-order valence-electron chi connectivity index (χ1n) is 11.6. The summed E-state index contributed by atoms with van der Waals surface area (Å²) in [7, 11) is 1.54. The number of carbonyl (C=O) groups is 3. The van der Waals surface area contributed by atoms with Gasteiger partial charge in [-0.1, -0.05) is 30.3 Å². The van der Waals surface area contributed by atoms with Crippen molar-refractivity contribution < 1.29 is 33.4 Å². The molecule has 1 aliphatic heterocycles. The molecule has 0 saturated carbocycles. The van der Waals surface area contributed by atoms with Gasteiger partial charge in [0.25, 0.3) is 5.91 Å². The number of esters is 1. The SMILES string of the molecule is CCOC(=O)c1ccc(N2C(=O)C(O)=C(C(=O)c3cc4ccccc4o3)C2c2ccc(OC)cc2)cc1. The summed E-state index contributed by atoms with van der Waals surface area (Å²) in [6.45, 7) is 1.94. The zero-order valence-electron chi connectivity index (χ0n) is 20.1. The number of hydrogen-bond donors (Lipinski definition) is 1. The Morgan fingerprint density at radius 1 is 1.00 bits per heavy atom. The van der Waals surface area contributed by atoms with Gasteiger partial charge in [-0.15, -0.1) is 0 Å². The lowest BCUT2D eigenvalue weighted by Gasteiger charge is -2.27. The molecule has 3 aromatic carbocycles. The van der Waals surface area contributed by atoms with Crippen LogP contribution in [0, 0.1) is 0 Å². The third-order valence-corrected chi connectivity index (χ3v) is 6.19. The number of aliphatic hydroxyl groups excluding tert-OH is 1. The molecule has 1 unspecified atom stereocenters. The van der Waals surface area contributed by atoms with E-state index >= 15 is 0 Å². The molecule has 1 amide bonds. The predicted molar refractivity (Wildman–Crippen MR) is 136 cm³/mol. The summed E-state index contributed by atoms with van der Waals surface area (Å²) in [6.07, 6.45) is 0. The highest BCUT2D eigenvalue weighted by atomic mass is 16.5. The fraction of sp³-hybridized carbons (Fsp3) is 0.138. The van der Waals surface area contributed by atoms with Crippen molar-refractivity contribution in [3.8, 4) is 5.75 Å². The van der Waals surface area contributed by atoms with E-state index in [0.717, 1.165) is 5.39 Å². The van der Waals surface area contributed by atoms with Gasteiger partial charge in [0.05, 0.1) is 30.9 Å². The number of furan rings is 1. The summed E-state index contributed by atoms with van der Waals surface area (Å²) in [5, 5.41) is 11.7. The van der Waals surface area contributed by atoms with E-state index < -0.39 is 29.5 Å². The fourth-order valence-electron chi connectivity index (χ4n) is 4.40. The van der Waals surface area contributed by atoms with Crippen LogP contribution < -0.4 is 9.64 Å². The Morgan fingerprint density at radius 3 is 2.35 bits per heavy atom. The van der Waals surface area contributed by atoms with Crippen molar-refractivity contribution >= 4 is 34.3 Å². The quantitative estimate of drug-likeness (QED) is 0.269. The van der Waals surface area contributed by atoms with Crippen LogP contribution in [0.4, 0.5) is 5.69 Å². The number of para-hydroxylation sites is 1. The van der Waals surface area contributed by atoms with Gasteiger partial charge in [0.2, 0.25) is 5.78 Å². The molecule has 1 aliphatic rings. The van der Waals surface area contributed by atoms with Crippen molar-refractivity contribution in [2.45, 2.75) is 13.0 Å². The second kappa shape index (κ2) is 9.66. The number of ketones is 1. The average Bonchev–Trinajstić information content (AvgIpc) is 3.47. The Bertz CT molecular complexity index is 1500. The molecule has 0 bridgehead atoms. The molecule has 2 heterocycles. The summed E-state index contributed by atoms with van der Waals surface area (Å²) in [5.41, 5.74) is 1.69. The van der Waals surface area contributed by atoms with Crippen molar-refractivity contribution in [2.75, 3.05) is 18.6 Å². The molecule has 5 rings (SSSR count). The first-order chi connectivity index (χ1) is 17.9. The molecular weight excluding hydrogens is 474 g/mol. The first-order valence-corrected chi connectivity index (χ1v) is 11.6. The minimum Gasteiger partial charge on any atom is -0.503 e. The monoisotopic (exact) mass is 497 g/mol. The lowest BCUT2D eigenvalue weighted by atomic mass is 9.94. The number of rotatable bonds is 7. The molecule has 186 valence electrons. The number of benzene rings is 3. The molecule has 0 spiro atoms. The largest absolute Gasteiger partial charge is 0.503 e. The zero-order valence-corrected chi connectivity index (χ0v) is 20.1. The first kappa shape index (κ1) is 23.9. The summed E-state index contributed by atoms with van der Waals surface area (Å²) in [4.78, 5) is 40.5.